The zero-order valence-electron chi connectivity index (χ0n) is 33.0. The predicted octanol–water partition coefficient (Wildman–Crippen LogP) is 10.7. The Balaban J connectivity index is 1.09. The van der Waals surface area contributed by atoms with Gasteiger partial charge in [-0.2, -0.15) is 0 Å². The van der Waals surface area contributed by atoms with Crippen LogP contribution in [-0.2, 0) is 48.3 Å². The van der Waals surface area contributed by atoms with Gasteiger partial charge in [0.15, 0.2) is 5.78 Å². The Morgan fingerprint density at radius 2 is 1.25 bits per heavy atom. The largest absolute Gasteiger partial charge is 0.491 e. The van der Waals surface area contributed by atoms with Gasteiger partial charge in [0.05, 0.1) is 29.2 Å². The fourth-order valence-electron chi connectivity index (χ4n) is 7.69. The van der Waals surface area contributed by atoms with Gasteiger partial charge in [0.25, 0.3) is 0 Å². The first-order chi connectivity index (χ1) is 28.9. The number of aryl methyl sites for hydroxylation is 2. The lowest BCUT2D eigenvalue weighted by Crippen LogP contribution is -2.34. The van der Waals surface area contributed by atoms with Crippen molar-refractivity contribution in [2.75, 3.05) is 24.0 Å². The number of ether oxygens (including phenoxy) is 2. The summed E-state index contributed by atoms with van der Waals surface area (Å²) < 4.78 is 44.5. The summed E-state index contributed by atoms with van der Waals surface area (Å²) in [4.78, 5) is 18.0. The number of Topliss-reactive ketones (excluding diaryl/α,β-unsaturated/α-hetero) is 1. The van der Waals surface area contributed by atoms with Crippen molar-refractivity contribution in [3.05, 3.63) is 196 Å². The summed E-state index contributed by atoms with van der Waals surface area (Å²) in [6, 6.07) is 50.0. The molecule has 0 unspecified atom stereocenters. The number of nitrogens with zero attached hydrogens (tertiary/aromatic N) is 2. The Bertz CT molecular complexity index is 2580. The molecule has 8 rings (SSSR count). The normalized spacial score (nSPS) is 12.6. The van der Waals surface area contributed by atoms with E-state index in [0.717, 1.165) is 35.3 Å². The lowest BCUT2D eigenvalue weighted by Gasteiger charge is -2.28. The molecule has 0 saturated carbocycles. The van der Waals surface area contributed by atoms with Crippen LogP contribution < -0.4 is 13.8 Å². The maximum atomic E-state index is 14.5. The molecule has 59 heavy (non-hydrogen) atoms. The molecule has 300 valence electrons. The molecular weight excluding hydrogens is 773 g/mol. The second-order valence-electron chi connectivity index (χ2n) is 15.0. The van der Waals surface area contributed by atoms with Crippen LogP contribution >= 0.6 is 11.3 Å². The molecule has 0 bridgehead atoms. The van der Waals surface area contributed by atoms with Crippen LogP contribution in [0.4, 0.5) is 5.69 Å². The summed E-state index contributed by atoms with van der Waals surface area (Å²) in [5.41, 5.74) is 5.68. The Morgan fingerprint density at radius 1 is 0.627 bits per heavy atom. The first-order valence-electron chi connectivity index (χ1n) is 20.2. The minimum absolute atomic E-state index is 0.0623. The summed E-state index contributed by atoms with van der Waals surface area (Å²) in [5, 5.41) is 1.30. The van der Waals surface area contributed by atoms with Gasteiger partial charge in [-0.3, -0.25) is 14.0 Å². The van der Waals surface area contributed by atoms with E-state index in [1.165, 1.54) is 37.7 Å². The monoisotopic (exact) mass is 820 g/mol. The molecule has 1 aliphatic rings. The van der Waals surface area contributed by atoms with E-state index in [1.54, 1.807) is 18.2 Å². The molecule has 0 N–H and O–H groups in total. The van der Waals surface area contributed by atoms with Crippen LogP contribution in [-0.4, -0.2) is 38.8 Å². The van der Waals surface area contributed by atoms with E-state index < -0.39 is 10.0 Å². The summed E-state index contributed by atoms with van der Waals surface area (Å²) >= 11 is 1.86. The van der Waals surface area contributed by atoms with Gasteiger partial charge < -0.3 is 9.47 Å². The number of ketones is 1. The third-order valence-electron chi connectivity index (χ3n) is 10.7. The van der Waals surface area contributed by atoms with Gasteiger partial charge in [-0.15, -0.1) is 11.3 Å². The van der Waals surface area contributed by atoms with Gasteiger partial charge >= 0.3 is 0 Å². The summed E-state index contributed by atoms with van der Waals surface area (Å²) in [5.74, 6) is 0.907. The first-order valence-corrected chi connectivity index (χ1v) is 22.7. The standard InChI is InChI=1S/C50H48N2O5S2/c53-46(35-51(33-38-16-5-1-6-17-38)30-31-56-48-26-15-25-44-43-24-13-14-27-49(43)58-50(44)48)42-28-29-47(57-36-40-20-9-3-10-21-40)45(32-42)52(34-39-18-7-2-8-19-39)59(54,55)37-41-22-11-4-12-23-41/h1-12,15-23,25-26,28-29,32H,13-14,24,27,30-31,33-37H2. The topological polar surface area (TPSA) is 76.2 Å². The van der Waals surface area contributed by atoms with Crippen LogP contribution in [0, 0.1) is 0 Å². The van der Waals surface area contributed by atoms with Crippen molar-refractivity contribution in [1.82, 2.24) is 4.90 Å². The van der Waals surface area contributed by atoms with Crippen molar-refractivity contribution < 1.29 is 22.7 Å². The molecule has 9 heteroatoms. The maximum absolute atomic E-state index is 14.5. The molecule has 0 spiro atoms. The highest BCUT2D eigenvalue weighted by Crippen LogP contribution is 2.41. The number of hydrogen-bond acceptors (Lipinski definition) is 7. The van der Waals surface area contributed by atoms with Crippen molar-refractivity contribution in [1.29, 1.82) is 0 Å². The zero-order valence-corrected chi connectivity index (χ0v) is 34.7. The highest BCUT2D eigenvalue weighted by molar-refractivity contribution is 7.92. The molecule has 0 radical (unpaired) electrons. The molecule has 0 atom stereocenters. The van der Waals surface area contributed by atoms with E-state index in [4.69, 9.17) is 9.47 Å². The third kappa shape index (κ3) is 10.1. The van der Waals surface area contributed by atoms with Gasteiger partial charge in [-0.05, 0) is 83.2 Å². The smallest absolute Gasteiger partial charge is 0.239 e. The highest BCUT2D eigenvalue weighted by Gasteiger charge is 2.28. The van der Waals surface area contributed by atoms with Crippen LogP contribution in [0.2, 0.25) is 0 Å². The highest BCUT2D eigenvalue weighted by atomic mass is 32.2. The molecule has 0 aliphatic heterocycles. The fraction of sp³-hybridized carbons (Fsp3) is 0.220. The van der Waals surface area contributed by atoms with E-state index >= 15 is 0 Å². The minimum atomic E-state index is -3.98. The van der Waals surface area contributed by atoms with Crippen LogP contribution in [0.5, 0.6) is 11.5 Å². The van der Waals surface area contributed by atoms with E-state index in [9.17, 15) is 13.2 Å². The molecular formula is C50H48N2O5S2. The van der Waals surface area contributed by atoms with E-state index in [-0.39, 0.29) is 31.2 Å². The predicted molar refractivity (Wildman–Crippen MR) is 239 cm³/mol. The Kier molecular flexibility index (Phi) is 12.8. The average Bonchev–Trinajstić information content (AvgIpc) is 3.66. The summed E-state index contributed by atoms with van der Waals surface area (Å²) in [6.45, 7) is 1.86. The molecule has 1 aromatic heterocycles. The molecule has 6 aromatic carbocycles. The number of sulfonamides is 1. The SMILES string of the molecule is O=C(CN(CCOc1cccc2c3c(sc12)CCCC3)Cc1ccccc1)c1ccc(OCc2ccccc2)c(N(Cc2ccccc2)S(=O)(=O)Cc2ccccc2)c1. The minimum Gasteiger partial charge on any atom is -0.491 e. The van der Waals surface area contributed by atoms with Crippen LogP contribution in [0.15, 0.2) is 158 Å². The molecule has 0 amide bonds. The summed E-state index contributed by atoms with van der Waals surface area (Å²) in [7, 11) is -3.98. The van der Waals surface area contributed by atoms with E-state index in [1.807, 2.05) is 127 Å². The van der Waals surface area contributed by atoms with Crippen molar-refractivity contribution >= 4 is 42.9 Å². The molecule has 7 nitrogen and oxygen atoms in total. The molecule has 7 aromatic rings. The Labute approximate surface area is 351 Å². The number of rotatable bonds is 18. The zero-order chi connectivity index (χ0) is 40.4. The van der Waals surface area contributed by atoms with Crippen LogP contribution in [0.1, 0.15) is 55.9 Å². The number of fused-ring (bicyclic) bond motifs is 3. The van der Waals surface area contributed by atoms with Crippen molar-refractivity contribution in [2.24, 2.45) is 0 Å². The number of carbonyl (C=O) groups is 1. The number of benzene rings is 6. The average molecular weight is 821 g/mol. The quantitative estimate of drug-likeness (QED) is 0.0803. The molecule has 0 fully saturated rings. The number of anilines is 1. The molecule has 0 saturated heterocycles. The van der Waals surface area contributed by atoms with Crippen molar-refractivity contribution in [3.8, 4) is 11.5 Å². The van der Waals surface area contributed by atoms with E-state index in [0.29, 0.717) is 42.3 Å². The Morgan fingerprint density at radius 3 is 1.95 bits per heavy atom. The number of carbonyl (C=O) groups excluding carboxylic acids is 1. The van der Waals surface area contributed by atoms with E-state index in [2.05, 4.69) is 29.2 Å². The van der Waals surface area contributed by atoms with Crippen LogP contribution in [0.3, 0.4) is 0 Å². The van der Waals surface area contributed by atoms with Gasteiger partial charge in [0, 0.05) is 23.5 Å². The van der Waals surface area contributed by atoms with Gasteiger partial charge in [-0.25, -0.2) is 8.42 Å². The van der Waals surface area contributed by atoms with Crippen molar-refractivity contribution in [3.63, 3.8) is 0 Å². The van der Waals surface area contributed by atoms with Gasteiger partial charge in [0.1, 0.15) is 24.7 Å². The Hall–Kier alpha value is -5.74. The van der Waals surface area contributed by atoms with Gasteiger partial charge in [0.2, 0.25) is 10.0 Å². The fourth-order valence-corrected chi connectivity index (χ4v) is 10.6. The second kappa shape index (κ2) is 18.9. The van der Waals surface area contributed by atoms with Gasteiger partial charge in [-0.1, -0.05) is 133 Å². The molecule has 1 aliphatic carbocycles. The second-order valence-corrected chi connectivity index (χ2v) is 18.0. The maximum Gasteiger partial charge on any atom is 0.239 e. The summed E-state index contributed by atoms with van der Waals surface area (Å²) in [6.07, 6.45) is 4.71. The molecule has 1 heterocycles. The third-order valence-corrected chi connectivity index (χ3v) is 13.7. The van der Waals surface area contributed by atoms with Crippen LogP contribution in [0.25, 0.3) is 10.1 Å². The van der Waals surface area contributed by atoms with Crippen molar-refractivity contribution in [2.45, 2.75) is 51.1 Å². The lowest BCUT2D eigenvalue weighted by atomic mass is 9.96. The number of hydrogen-bond donors (Lipinski definition) is 0. The lowest BCUT2D eigenvalue weighted by molar-refractivity contribution is 0.0912. The first kappa shape index (κ1) is 40.1. The number of thiophene rings is 1.